The lowest BCUT2D eigenvalue weighted by Crippen LogP contribution is -2.28. The molecule has 2 heterocycles. The standard InChI is InChI=1S/C19H16N6O2/c1-12-6-8-13(9-7-12)17-22-19(24-23-17)21-16(26)10-25-11-20-15-5-3-2-4-14(15)18(25)27/h2-9,11H,10H2,1H3,(H2,21,22,23,24,26). The molecule has 0 radical (unpaired) electrons. The molecule has 2 aromatic heterocycles. The zero-order valence-corrected chi connectivity index (χ0v) is 14.5. The normalized spacial score (nSPS) is 10.9. The molecule has 4 rings (SSSR count). The third kappa shape index (κ3) is 3.45. The van der Waals surface area contributed by atoms with Crippen molar-refractivity contribution in [2.24, 2.45) is 0 Å². The summed E-state index contributed by atoms with van der Waals surface area (Å²) >= 11 is 0. The molecule has 4 aromatic rings. The fourth-order valence-electron chi connectivity index (χ4n) is 2.70. The maximum absolute atomic E-state index is 12.4. The van der Waals surface area contributed by atoms with E-state index in [1.807, 2.05) is 31.2 Å². The van der Waals surface area contributed by atoms with Crippen LogP contribution in [0, 0.1) is 6.92 Å². The van der Waals surface area contributed by atoms with Gasteiger partial charge >= 0.3 is 0 Å². The van der Waals surface area contributed by atoms with Gasteiger partial charge in [0.25, 0.3) is 5.56 Å². The number of amides is 1. The summed E-state index contributed by atoms with van der Waals surface area (Å²) < 4.78 is 1.26. The number of hydrogen-bond donors (Lipinski definition) is 2. The highest BCUT2D eigenvalue weighted by atomic mass is 16.2. The first-order valence-electron chi connectivity index (χ1n) is 8.33. The van der Waals surface area contributed by atoms with Crippen LogP contribution in [0.3, 0.4) is 0 Å². The summed E-state index contributed by atoms with van der Waals surface area (Å²) in [5.41, 5.74) is 2.33. The predicted molar refractivity (Wildman–Crippen MR) is 101 cm³/mol. The van der Waals surface area contributed by atoms with Gasteiger partial charge in [0.2, 0.25) is 11.9 Å². The van der Waals surface area contributed by atoms with Crippen molar-refractivity contribution in [1.29, 1.82) is 0 Å². The van der Waals surface area contributed by atoms with Crippen molar-refractivity contribution in [2.45, 2.75) is 13.5 Å². The lowest BCUT2D eigenvalue weighted by molar-refractivity contribution is -0.116. The molecule has 0 aliphatic carbocycles. The smallest absolute Gasteiger partial charge is 0.261 e. The average Bonchev–Trinajstić information content (AvgIpc) is 3.13. The van der Waals surface area contributed by atoms with Gasteiger partial charge in [0.1, 0.15) is 6.54 Å². The lowest BCUT2D eigenvalue weighted by Gasteiger charge is -2.05. The number of fused-ring (bicyclic) bond motifs is 1. The summed E-state index contributed by atoms with van der Waals surface area (Å²) in [6.07, 6.45) is 1.36. The van der Waals surface area contributed by atoms with E-state index in [0.717, 1.165) is 11.1 Å². The number of hydrogen-bond acceptors (Lipinski definition) is 5. The van der Waals surface area contributed by atoms with Gasteiger partial charge in [-0.05, 0) is 19.1 Å². The van der Waals surface area contributed by atoms with Crippen LogP contribution in [0.5, 0.6) is 0 Å². The molecule has 0 fully saturated rings. The van der Waals surface area contributed by atoms with Gasteiger partial charge in [-0.25, -0.2) is 4.98 Å². The van der Waals surface area contributed by atoms with Crippen LogP contribution >= 0.6 is 0 Å². The van der Waals surface area contributed by atoms with E-state index >= 15 is 0 Å². The van der Waals surface area contributed by atoms with E-state index in [-0.39, 0.29) is 18.1 Å². The number of carbonyl (C=O) groups is 1. The van der Waals surface area contributed by atoms with Gasteiger partial charge < -0.3 is 0 Å². The van der Waals surface area contributed by atoms with Crippen molar-refractivity contribution < 1.29 is 4.79 Å². The Morgan fingerprint density at radius 3 is 2.74 bits per heavy atom. The van der Waals surface area contributed by atoms with E-state index in [2.05, 4.69) is 25.5 Å². The molecular formula is C19H16N6O2. The van der Waals surface area contributed by atoms with Crippen LogP contribution in [0.2, 0.25) is 0 Å². The van der Waals surface area contributed by atoms with E-state index < -0.39 is 5.91 Å². The first kappa shape index (κ1) is 16.6. The number of aromatic amines is 1. The Hall–Kier alpha value is -3.81. The van der Waals surface area contributed by atoms with Crippen LogP contribution in [-0.4, -0.2) is 30.6 Å². The highest BCUT2D eigenvalue weighted by Gasteiger charge is 2.11. The molecule has 0 saturated carbocycles. The first-order chi connectivity index (χ1) is 13.1. The number of aryl methyl sites for hydroxylation is 1. The number of rotatable bonds is 4. The zero-order chi connectivity index (χ0) is 18.8. The second-order valence-corrected chi connectivity index (χ2v) is 6.12. The molecule has 0 aliphatic heterocycles. The number of aromatic nitrogens is 5. The van der Waals surface area contributed by atoms with Gasteiger partial charge in [0.15, 0.2) is 5.82 Å². The number of para-hydroxylation sites is 1. The molecule has 0 unspecified atom stereocenters. The zero-order valence-electron chi connectivity index (χ0n) is 14.5. The van der Waals surface area contributed by atoms with Crippen molar-refractivity contribution in [3.05, 3.63) is 70.8 Å². The molecule has 0 saturated heterocycles. The molecule has 0 bridgehead atoms. The van der Waals surface area contributed by atoms with E-state index in [0.29, 0.717) is 16.7 Å². The van der Waals surface area contributed by atoms with E-state index in [1.165, 1.54) is 10.9 Å². The van der Waals surface area contributed by atoms with Crippen LogP contribution in [-0.2, 0) is 11.3 Å². The Balaban J connectivity index is 1.49. The Bertz CT molecular complexity index is 1180. The topological polar surface area (TPSA) is 106 Å². The minimum absolute atomic E-state index is 0.150. The molecule has 0 aliphatic rings. The highest BCUT2D eigenvalue weighted by Crippen LogP contribution is 2.16. The first-order valence-corrected chi connectivity index (χ1v) is 8.33. The molecule has 2 aromatic carbocycles. The Morgan fingerprint density at radius 2 is 1.93 bits per heavy atom. The summed E-state index contributed by atoms with van der Waals surface area (Å²) in [7, 11) is 0. The van der Waals surface area contributed by atoms with Crippen LogP contribution in [0.1, 0.15) is 5.56 Å². The Labute approximate surface area is 153 Å². The highest BCUT2D eigenvalue weighted by molar-refractivity contribution is 5.89. The number of nitrogens with one attached hydrogen (secondary N) is 2. The molecule has 1 amide bonds. The molecule has 2 N–H and O–H groups in total. The average molecular weight is 360 g/mol. The largest absolute Gasteiger partial charge is 0.292 e. The van der Waals surface area contributed by atoms with Crippen molar-refractivity contribution in [3.8, 4) is 11.4 Å². The molecular weight excluding hydrogens is 344 g/mol. The van der Waals surface area contributed by atoms with Crippen LogP contribution < -0.4 is 10.9 Å². The number of nitrogens with zero attached hydrogens (tertiary/aromatic N) is 4. The number of carbonyl (C=O) groups excluding carboxylic acids is 1. The Morgan fingerprint density at radius 1 is 1.15 bits per heavy atom. The molecule has 0 spiro atoms. The summed E-state index contributed by atoms with van der Waals surface area (Å²) in [5, 5.41) is 9.84. The SMILES string of the molecule is Cc1ccc(-c2nc(NC(=O)Cn3cnc4ccccc4c3=O)n[nH]2)cc1. The molecule has 8 nitrogen and oxygen atoms in total. The summed E-state index contributed by atoms with van der Waals surface area (Å²) in [6, 6.07) is 14.8. The molecule has 8 heteroatoms. The maximum Gasteiger partial charge on any atom is 0.261 e. The molecule has 27 heavy (non-hydrogen) atoms. The monoisotopic (exact) mass is 360 g/mol. The van der Waals surface area contributed by atoms with Crippen LogP contribution in [0.15, 0.2) is 59.7 Å². The summed E-state index contributed by atoms with van der Waals surface area (Å²) in [4.78, 5) is 33.2. The van der Waals surface area contributed by atoms with Crippen molar-refractivity contribution >= 4 is 22.8 Å². The van der Waals surface area contributed by atoms with Gasteiger partial charge in [-0.2, -0.15) is 4.98 Å². The second kappa shape index (κ2) is 6.83. The van der Waals surface area contributed by atoms with Gasteiger partial charge in [-0.15, -0.1) is 5.10 Å². The van der Waals surface area contributed by atoms with Gasteiger partial charge in [-0.1, -0.05) is 42.0 Å². The number of benzene rings is 2. The van der Waals surface area contributed by atoms with Gasteiger partial charge in [0, 0.05) is 5.56 Å². The predicted octanol–water partition coefficient (Wildman–Crippen LogP) is 2.13. The Kier molecular flexibility index (Phi) is 4.21. The van der Waals surface area contributed by atoms with Crippen molar-refractivity contribution in [2.75, 3.05) is 5.32 Å². The minimum Gasteiger partial charge on any atom is -0.292 e. The van der Waals surface area contributed by atoms with E-state index in [4.69, 9.17) is 0 Å². The fraction of sp³-hybridized carbons (Fsp3) is 0.105. The molecule has 0 atom stereocenters. The third-order valence-electron chi connectivity index (χ3n) is 4.11. The molecule has 134 valence electrons. The summed E-state index contributed by atoms with van der Waals surface area (Å²) in [5.74, 6) is 0.288. The van der Waals surface area contributed by atoms with E-state index in [9.17, 15) is 9.59 Å². The van der Waals surface area contributed by atoms with E-state index in [1.54, 1.807) is 24.3 Å². The summed E-state index contributed by atoms with van der Waals surface area (Å²) in [6.45, 7) is 1.82. The van der Waals surface area contributed by atoms with Gasteiger partial charge in [-0.3, -0.25) is 24.6 Å². The maximum atomic E-state index is 12.4. The lowest BCUT2D eigenvalue weighted by atomic mass is 10.1. The second-order valence-electron chi connectivity index (χ2n) is 6.12. The van der Waals surface area contributed by atoms with Crippen molar-refractivity contribution in [1.82, 2.24) is 24.7 Å². The fourth-order valence-corrected chi connectivity index (χ4v) is 2.70. The van der Waals surface area contributed by atoms with Crippen LogP contribution in [0.4, 0.5) is 5.95 Å². The minimum atomic E-state index is -0.413. The quantitative estimate of drug-likeness (QED) is 0.580. The van der Waals surface area contributed by atoms with Crippen LogP contribution in [0.25, 0.3) is 22.3 Å². The van der Waals surface area contributed by atoms with Gasteiger partial charge in [0.05, 0.1) is 17.2 Å². The van der Waals surface area contributed by atoms with Crippen molar-refractivity contribution in [3.63, 3.8) is 0 Å². The third-order valence-corrected chi connectivity index (χ3v) is 4.11. The number of H-pyrrole nitrogens is 1. The number of anilines is 1.